The lowest BCUT2D eigenvalue weighted by Gasteiger charge is -2.19. The highest BCUT2D eigenvalue weighted by Crippen LogP contribution is 2.33. The molecule has 0 aromatic heterocycles. The Balaban J connectivity index is 2.11. The zero-order valence-corrected chi connectivity index (χ0v) is 11.4. The SMILES string of the molecule is Nc1cccc2c(N3CC(CS)CC3=O)cccc12. The number of anilines is 2. The van der Waals surface area contributed by atoms with Gasteiger partial charge in [0.15, 0.2) is 0 Å². The number of carbonyl (C=O) groups excluding carboxylic acids is 1. The van der Waals surface area contributed by atoms with Crippen molar-refractivity contribution in [3.63, 3.8) is 0 Å². The van der Waals surface area contributed by atoms with Gasteiger partial charge >= 0.3 is 0 Å². The van der Waals surface area contributed by atoms with Crippen LogP contribution in [-0.4, -0.2) is 18.2 Å². The maximum Gasteiger partial charge on any atom is 0.227 e. The first-order valence-electron chi connectivity index (χ1n) is 6.39. The van der Waals surface area contributed by atoms with Crippen molar-refractivity contribution in [1.82, 2.24) is 0 Å². The number of hydrogen-bond acceptors (Lipinski definition) is 3. The molecule has 0 aliphatic carbocycles. The molecule has 3 nitrogen and oxygen atoms in total. The normalized spacial score (nSPS) is 19.3. The Bertz CT molecular complexity index is 641. The lowest BCUT2D eigenvalue weighted by atomic mass is 10.1. The Hall–Kier alpha value is -1.68. The number of benzene rings is 2. The molecular formula is C15H16N2OS. The second-order valence-corrected chi connectivity index (χ2v) is 5.34. The van der Waals surface area contributed by atoms with E-state index in [2.05, 4.69) is 12.6 Å². The number of amides is 1. The molecule has 2 aromatic carbocycles. The van der Waals surface area contributed by atoms with E-state index >= 15 is 0 Å². The van der Waals surface area contributed by atoms with Gasteiger partial charge in [0.25, 0.3) is 0 Å². The quantitative estimate of drug-likeness (QED) is 0.652. The Kier molecular flexibility index (Phi) is 3.11. The summed E-state index contributed by atoms with van der Waals surface area (Å²) in [7, 11) is 0. The van der Waals surface area contributed by atoms with Gasteiger partial charge < -0.3 is 10.6 Å². The first kappa shape index (κ1) is 12.4. The highest BCUT2D eigenvalue weighted by Gasteiger charge is 2.30. The van der Waals surface area contributed by atoms with Crippen molar-refractivity contribution in [2.45, 2.75) is 6.42 Å². The number of nitrogen functional groups attached to an aromatic ring is 1. The molecule has 0 saturated carbocycles. The van der Waals surface area contributed by atoms with E-state index in [0.29, 0.717) is 12.3 Å². The molecule has 1 saturated heterocycles. The molecule has 3 rings (SSSR count). The van der Waals surface area contributed by atoms with Gasteiger partial charge in [-0.25, -0.2) is 0 Å². The summed E-state index contributed by atoms with van der Waals surface area (Å²) in [5, 5.41) is 2.04. The van der Waals surface area contributed by atoms with E-state index in [4.69, 9.17) is 5.73 Å². The molecule has 1 aliphatic rings. The van der Waals surface area contributed by atoms with Crippen LogP contribution in [0.1, 0.15) is 6.42 Å². The van der Waals surface area contributed by atoms with Crippen LogP contribution in [0.3, 0.4) is 0 Å². The third-order valence-electron chi connectivity index (χ3n) is 3.69. The Morgan fingerprint density at radius 1 is 1.21 bits per heavy atom. The van der Waals surface area contributed by atoms with Gasteiger partial charge in [-0.1, -0.05) is 24.3 Å². The average Bonchev–Trinajstić information content (AvgIpc) is 2.80. The van der Waals surface area contributed by atoms with E-state index in [0.717, 1.165) is 34.4 Å². The van der Waals surface area contributed by atoms with Crippen LogP contribution in [0.15, 0.2) is 36.4 Å². The predicted octanol–water partition coefficient (Wildman–Crippen LogP) is 2.70. The van der Waals surface area contributed by atoms with Gasteiger partial charge in [0, 0.05) is 29.4 Å². The molecule has 98 valence electrons. The predicted molar refractivity (Wildman–Crippen MR) is 82.7 cm³/mol. The largest absolute Gasteiger partial charge is 0.398 e. The maximum atomic E-state index is 12.1. The van der Waals surface area contributed by atoms with E-state index in [1.807, 2.05) is 41.3 Å². The van der Waals surface area contributed by atoms with Gasteiger partial charge in [-0.05, 0) is 23.8 Å². The fourth-order valence-electron chi connectivity index (χ4n) is 2.69. The van der Waals surface area contributed by atoms with E-state index < -0.39 is 0 Å². The van der Waals surface area contributed by atoms with Crippen LogP contribution in [0, 0.1) is 5.92 Å². The summed E-state index contributed by atoms with van der Waals surface area (Å²) in [6.07, 6.45) is 0.586. The summed E-state index contributed by atoms with van der Waals surface area (Å²) in [6.45, 7) is 0.746. The molecule has 1 atom stereocenters. The van der Waals surface area contributed by atoms with Crippen molar-refractivity contribution in [3.05, 3.63) is 36.4 Å². The van der Waals surface area contributed by atoms with Gasteiger partial charge in [0.2, 0.25) is 5.91 Å². The van der Waals surface area contributed by atoms with E-state index in [1.165, 1.54) is 0 Å². The number of fused-ring (bicyclic) bond motifs is 1. The van der Waals surface area contributed by atoms with Gasteiger partial charge in [-0.2, -0.15) is 12.6 Å². The van der Waals surface area contributed by atoms with Gasteiger partial charge in [-0.15, -0.1) is 0 Å². The summed E-state index contributed by atoms with van der Waals surface area (Å²) >= 11 is 4.30. The van der Waals surface area contributed by atoms with E-state index in [1.54, 1.807) is 0 Å². The number of nitrogens with zero attached hydrogens (tertiary/aromatic N) is 1. The number of thiol groups is 1. The fourth-order valence-corrected chi connectivity index (χ4v) is 2.93. The van der Waals surface area contributed by atoms with Crippen LogP contribution in [0.5, 0.6) is 0 Å². The highest BCUT2D eigenvalue weighted by molar-refractivity contribution is 7.80. The van der Waals surface area contributed by atoms with E-state index in [-0.39, 0.29) is 5.91 Å². The smallest absolute Gasteiger partial charge is 0.227 e. The first-order valence-corrected chi connectivity index (χ1v) is 7.02. The van der Waals surface area contributed by atoms with Crippen molar-refractivity contribution in [1.29, 1.82) is 0 Å². The summed E-state index contributed by atoms with van der Waals surface area (Å²) in [6, 6.07) is 11.8. The highest BCUT2D eigenvalue weighted by atomic mass is 32.1. The number of rotatable bonds is 2. The Labute approximate surface area is 117 Å². The maximum absolute atomic E-state index is 12.1. The average molecular weight is 272 g/mol. The topological polar surface area (TPSA) is 46.3 Å². The van der Waals surface area contributed by atoms with Crippen molar-refractivity contribution in [3.8, 4) is 0 Å². The van der Waals surface area contributed by atoms with Crippen LogP contribution in [0.25, 0.3) is 10.8 Å². The third-order valence-corrected chi connectivity index (χ3v) is 4.20. The van der Waals surface area contributed by atoms with Crippen molar-refractivity contribution in [2.75, 3.05) is 22.9 Å². The molecule has 2 aromatic rings. The molecule has 1 heterocycles. The molecular weight excluding hydrogens is 256 g/mol. The first-order chi connectivity index (χ1) is 9.20. The summed E-state index contributed by atoms with van der Waals surface area (Å²) < 4.78 is 0. The van der Waals surface area contributed by atoms with E-state index in [9.17, 15) is 4.79 Å². The van der Waals surface area contributed by atoms with Gasteiger partial charge in [0.1, 0.15) is 0 Å². The molecule has 4 heteroatoms. The molecule has 1 unspecified atom stereocenters. The summed E-state index contributed by atoms with van der Waals surface area (Å²) in [5.74, 6) is 1.26. The van der Waals surface area contributed by atoms with Gasteiger partial charge in [-0.3, -0.25) is 4.79 Å². The second-order valence-electron chi connectivity index (χ2n) is 4.98. The van der Waals surface area contributed by atoms with Crippen LogP contribution in [-0.2, 0) is 4.79 Å². The number of carbonyl (C=O) groups is 1. The van der Waals surface area contributed by atoms with Crippen LogP contribution < -0.4 is 10.6 Å². The minimum absolute atomic E-state index is 0.175. The molecule has 2 N–H and O–H groups in total. The van der Waals surface area contributed by atoms with Crippen LogP contribution >= 0.6 is 12.6 Å². The van der Waals surface area contributed by atoms with Crippen LogP contribution in [0.2, 0.25) is 0 Å². The molecule has 0 bridgehead atoms. The van der Waals surface area contributed by atoms with Crippen LogP contribution in [0.4, 0.5) is 11.4 Å². The molecule has 0 radical (unpaired) electrons. The summed E-state index contributed by atoms with van der Waals surface area (Å²) in [5.41, 5.74) is 7.70. The van der Waals surface area contributed by atoms with Crippen molar-refractivity contribution >= 4 is 40.7 Å². The minimum atomic E-state index is 0.175. The second kappa shape index (κ2) is 4.78. The lowest BCUT2D eigenvalue weighted by Crippen LogP contribution is -2.24. The molecule has 1 fully saturated rings. The molecule has 19 heavy (non-hydrogen) atoms. The van der Waals surface area contributed by atoms with Crippen molar-refractivity contribution < 1.29 is 4.79 Å². The third kappa shape index (κ3) is 2.06. The Morgan fingerprint density at radius 3 is 2.68 bits per heavy atom. The Morgan fingerprint density at radius 2 is 1.95 bits per heavy atom. The zero-order valence-electron chi connectivity index (χ0n) is 10.5. The standard InChI is InChI=1S/C15H16N2OS/c16-13-5-1-4-12-11(13)3-2-6-14(12)17-8-10(9-19)7-15(17)18/h1-6,10,19H,7-9,16H2. The minimum Gasteiger partial charge on any atom is -0.398 e. The number of nitrogens with two attached hydrogens (primary N) is 1. The zero-order chi connectivity index (χ0) is 13.4. The van der Waals surface area contributed by atoms with Crippen molar-refractivity contribution in [2.24, 2.45) is 5.92 Å². The lowest BCUT2D eigenvalue weighted by molar-refractivity contribution is -0.117. The monoisotopic (exact) mass is 272 g/mol. The molecule has 1 aliphatic heterocycles. The molecule has 1 amide bonds. The summed E-state index contributed by atoms with van der Waals surface area (Å²) in [4.78, 5) is 14.0. The number of hydrogen-bond donors (Lipinski definition) is 2. The molecule has 0 spiro atoms. The van der Waals surface area contributed by atoms with Gasteiger partial charge in [0.05, 0.1) is 5.69 Å². The fraction of sp³-hybridized carbons (Fsp3) is 0.267.